The van der Waals surface area contributed by atoms with Crippen molar-refractivity contribution < 1.29 is 4.74 Å². The van der Waals surface area contributed by atoms with Crippen molar-refractivity contribution in [2.75, 3.05) is 13.7 Å². The molecule has 0 spiro atoms. The first-order valence-electron chi connectivity index (χ1n) is 9.28. The summed E-state index contributed by atoms with van der Waals surface area (Å²) in [6.45, 7) is 1.06. The van der Waals surface area contributed by atoms with Crippen LogP contribution in [0.15, 0.2) is 48.7 Å². The molecule has 1 aliphatic carbocycles. The summed E-state index contributed by atoms with van der Waals surface area (Å²) in [4.78, 5) is 3.37. The van der Waals surface area contributed by atoms with E-state index in [1.807, 2.05) is 0 Å². The summed E-state index contributed by atoms with van der Waals surface area (Å²) in [5, 5.41) is 5.12. The SMILES string of the molecule is COc1cccc2c1CC(NCCCc1c[nH]c3ccccc13)CC2. The minimum atomic E-state index is 0.562. The first kappa shape index (κ1) is 16.2. The fourth-order valence-corrected chi connectivity index (χ4v) is 4.04. The number of methoxy groups -OCH3 is 1. The van der Waals surface area contributed by atoms with Crippen LogP contribution in [0, 0.1) is 0 Å². The van der Waals surface area contributed by atoms with Gasteiger partial charge in [0.1, 0.15) is 5.75 Å². The summed E-state index contributed by atoms with van der Waals surface area (Å²) in [6.07, 6.45) is 7.87. The third kappa shape index (κ3) is 3.42. The van der Waals surface area contributed by atoms with Crippen LogP contribution in [-0.4, -0.2) is 24.7 Å². The Morgan fingerprint density at radius 2 is 2.08 bits per heavy atom. The third-order valence-electron chi connectivity index (χ3n) is 5.39. The van der Waals surface area contributed by atoms with Crippen molar-refractivity contribution >= 4 is 10.9 Å². The number of fused-ring (bicyclic) bond motifs is 2. The highest BCUT2D eigenvalue weighted by molar-refractivity contribution is 5.82. The number of hydrogen-bond donors (Lipinski definition) is 2. The predicted octanol–water partition coefficient (Wildman–Crippen LogP) is 4.26. The molecule has 3 aromatic rings. The van der Waals surface area contributed by atoms with Gasteiger partial charge in [-0.1, -0.05) is 30.3 Å². The summed E-state index contributed by atoms with van der Waals surface area (Å²) >= 11 is 0. The van der Waals surface area contributed by atoms with Crippen molar-refractivity contribution in [2.45, 2.75) is 38.1 Å². The summed E-state index contributed by atoms with van der Waals surface area (Å²) in [6, 6.07) is 15.5. The van der Waals surface area contributed by atoms with Crippen LogP contribution in [0.1, 0.15) is 29.5 Å². The average Bonchev–Trinajstić information content (AvgIpc) is 3.08. The number of aryl methyl sites for hydroxylation is 2. The van der Waals surface area contributed by atoms with E-state index in [1.54, 1.807) is 7.11 Å². The van der Waals surface area contributed by atoms with Crippen LogP contribution in [-0.2, 0) is 19.3 Å². The van der Waals surface area contributed by atoms with Crippen LogP contribution >= 0.6 is 0 Å². The third-order valence-corrected chi connectivity index (χ3v) is 5.39. The molecule has 0 aliphatic heterocycles. The molecule has 1 unspecified atom stereocenters. The second-order valence-electron chi connectivity index (χ2n) is 6.95. The molecule has 0 saturated heterocycles. The Morgan fingerprint density at radius 1 is 1.16 bits per heavy atom. The molecule has 4 rings (SSSR count). The van der Waals surface area contributed by atoms with Gasteiger partial charge in [0, 0.05) is 23.1 Å². The Morgan fingerprint density at radius 3 is 3.00 bits per heavy atom. The fraction of sp³-hybridized carbons (Fsp3) is 0.364. The first-order chi connectivity index (χ1) is 12.3. The van der Waals surface area contributed by atoms with Gasteiger partial charge in [0.05, 0.1) is 7.11 Å². The van der Waals surface area contributed by atoms with E-state index >= 15 is 0 Å². The lowest BCUT2D eigenvalue weighted by Crippen LogP contribution is -2.35. The molecule has 3 heteroatoms. The van der Waals surface area contributed by atoms with E-state index in [1.165, 1.54) is 34.0 Å². The van der Waals surface area contributed by atoms with Gasteiger partial charge in [-0.2, -0.15) is 0 Å². The maximum Gasteiger partial charge on any atom is 0.122 e. The number of rotatable bonds is 6. The fourth-order valence-electron chi connectivity index (χ4n) is 4.04. The summed E-state index contributed by atoms with van der Waals surface area (Å²) in [7, 11) is 1.77. The van der Waals surface area contributed by atoms with Crippen LogP contribution in [0.3, 0.4) is 0 Å². The van der Waals surface area contributed by atoms with Crippen LogP contribution in [0.5, 0.6) is 5.75 Å². The second-order valence-corrected chi connectivity index (χ2v) is 6.95. The lowest BCUT2D eigenvalue weighted by Gasteiger charge is -2.27. The van der Waals surface area contributed by atoms with E-state index < -0.39 is 0 Å². The molecular weight excluding hydrogens is 308 g/mol. The molecule has 0 saturated carbocycles. The van der Waals surface area contributed by atoms with Gasteiger partial charge >= 0.3 is 0 Å². The number of ether oxygens (including phenoxy) is 1. The molecule has 25 heavy (non-hydrogen) atoms. The van der Waals surface area contributed by atoms with Crippen molar-refractivity contribution in [2.24, 2.45) is 0 Å². The molecule has 1 aromatic heterocycles. The van der Waals surface area contributed by atoms with Crippen molar-refractivity contribution in [3.05, 3.63) is 65.4 Å². The summed E-state index contributed by atoms with van der Waals surface area (Å²) in [5.41, 5.74) is 5.51. The minimum Gasteiger partial charge on any atom is -0.496 e. The zero-order valence-electron chi connectivity index (χ0n) is 14.8. The highest BCUT2D eigenvalue weighted by Crippen LogP contribution is 2.29. The van der Waals surface area contributed by atoms with E-state index in [0.29, 0.717) is 6.04 Å². The van der Waals surface area contributed by atoms with Crippen LogP contribution in [0.25, 0.3) is 10.9 Å². The quantitative estimate of drug-likeness (QED) is 0.661. The Bertz CT molecular complexity index is 838. The summed E-state index contributed by atoms with van der Waals surface area (Å²) in [5.74, 6) is 1.04. The molecule has 2 N–H and O–H groups in total. The average molecular weight is 334 g/mol. The molecule has 1 heterocycles. The number of H-pyrrole nitrogens is 1. The minimum absolute atomic E-state index is 0.562. The van der Waals surface area contributed by atoms with E-state index in [-0.39, 0.29) is 0 Å². The topological polar surface area (TPSA) is 37.0 Å². The molecule has 130 valence electrons. The van der Waals surface area contributed by atoms with Crippen molar-refractivity contribution in [3.63, 3.8) is 0 Å². The van der Waals surface area contributed by atoms with Gasteiger partial charge in [-0.05, 0) is 67.5 Å². The van der Waals surface area contributed by atoms with E-state index in [9.17, 15) is 0 Å². The van der Waals surface area contributed by atoms with Gasteiger partial charge in [-0.3, -0.25) is 0 Å². The molecule has 0 radical (unpaired) electrons. The number of hydrogen-bond acceptors (Lipinski definition) is 2. The van der Waals surface area contributed by atoms with E-state index in [2.05, 4.69) is 59.0 Å². The van der Waals surface area contributed by atoms with Gasteiger partial charge in [0.2, 0.25) is 0 Å². The monoisotopic (exact) mass is 334 g/mol. The largest absolute Gasteiger partial charge is 0.496 e. The molecule has 2 aromatic carbocycles. The van der Waals surface area contributed by atoms with Crippen LogP contribution in [0.2, 0.25) is 0 Å². The molecular formula is C22H26N2O. The normalized spacial score (nSPS) is 16.8. The molecule has 1 atom stereocenters. The number of nitrogens with one attached hydrogen (secondary N) is 2. The Labute approximate surface area is 149 Å². The van der Waals surface area contributed by atoms with E-state index in [4.69, 9.17) is 4.74 Å². The van der Waals surface area contributed by atoms with Crippen molar-refractivity contribution in [1.29, 1.82) is 0 Å². The Balaban J connectivity index is 1.31. The Hall–Kier alpha value is -2.26. The van der Waals surface area contributed by atoms with Gasteiger partial charge in [0.15, 0.2) is 0 Å². The Kier molecular flexibility index (Phi) is 4.75. The van der Waals surface area contributed by atoms with Gasteiger partial charge in [0.25, 0.3) is 0 Å². The number of aromatic amines is 1. The second kappa shape index (κ2) is 7.32. The van der Waals surface area contributed by atoms with E-state index in [0.717, 1.165) is 38.0 Å². The van der Waals surface area contributed by atoms with Crippen LogP contribution < -0.4 is 10.1 Å². The lowest BCUT2D eigenvalue weighted by molar-refractivity contribution is 0.393. The predicted molar refractivity (Wildman–Crippen MR) is 103 cm³/mol. The zero-order chi connectivity index (χ0) is 17.1. The van der Waals surface area contributed by atoms with Gasteiger partial charge < -0.3 is 15.0 Å². The highest BCUT2D eigenvalue weighted by atomic mass is 16.5. The maximum atomic E-state index is 5.55. The number of aromatic nitrogens is 1. The zero-order valence-corrected chi connectivity index (χ0v) is 14.8. The molecule has 3 nitrogen and oxygen atoms in total. The van der Waals surface area contributed by atoms with Gasteiger partial charge in [-0.25, -0.2) is 0 Å². The smallest absolute Gasteiger partial charge is 0.122 e. The van der Waals surface area contributed by atoms with Crippen molar-refractivity contribution in [3.8, 4) is 5.75 Å². The molecule has 0 fully saturated rings. The number of benzene rings is 2. The van der Waals surface area contributed by atoms with Gasteiger partial charge in [-0.15, -0.1) is 0 Å². The maximum absolute atomic E-state index is 5.55. The highest BCUT2D eigenvalue weighted by Gasteiger charge is 2.20. The molecule has 0 amide bonds. The van der Waals surface area contributed by atoms with Crippen molar-refractivity contribution in [1.82, 2.24) is 10.3 Å². The number of para-hydroxylation sites is 1. The van der Waals surface area contributed by atoms with Crippen LogP contribution in [0.4, 0.5) is 0 Å². The summed E-state index contributed by atoms with van der Waals surface area (Å²) < 4.78 is 5.55. The molecule has 1 aliphatic rings. The standard InChI is InChI=1S/C22H26N2O/c1-25-22-10-4-6-16-11-12-18(14-20(16)22)23-13-5-7-17-15-24-21-9-3-2-8-19(17)21/h2-4,6,8-10,15,18,23-24H,5,7,11-14H2,1H3. The first-order valence-corrected chi connectivity index (χ1v) is 9.28. The molecule has 0 bridgehead atoms. The lowest BCUT2D eigenvalue weighted by atomic mass is 9.87.